The number of primary amides is 1. The Kier molecular flexibility index (Phi) is 11.5. The van der Waals surface area contributed by atoms with Crippen LogP contribution in [0, 0.1) is 11.7 Å². The highest BCUT2D eigenvalue weighted by Gasteiger charge is 2.13. The molecule has 0 saturated carbocycles. The molecule has 30 heavy (non-hydrogen) atoms. The summed E-state index contributed by atoms with van der Waals surface area (Å²) in [4.78, 5) is 30.5. The van der Waals surface area contributed by atoms with Crippen molar-refractivity contribution >= 4 is 35.7 Å². The summed E-state index contributed by atoms with van der Waals surface area (Å²) in [5.41, 5.74) is 5.38. The van der Waals surface area contributed by atoms with Gasteiger partial charge in [0.2, 0.25) is 0 Å². The topological polar surface area (TPSA) is 105 Å². The number of amides is 1. The molecule has 0 aliphatic heterocycles. The normalized spacial score (nSPS) is 13.2. The predicted octanol–water partition coefficient (Wildman–Crippen LogP) is 5.43. The fraction of sp³-hybridized carbons (Fsp3) is 0.364. The van der Waals surface area contributed by atoms with Crippen LogP contribution in [0.2, 0.25) is 0 Å². The molecule has 0 radical (unpaired) electrons. The Hall–Kier alpha value is -3.16. The first kappa shape index (κ1) is 24.9. The number of unbranched alkanes of at least 4 members (excludes halogenated alkanes) is 2. The van der Waals surface area contributed by atoms with E-state index in [2.05, 4.69) is 9.98 Å². The molecule has 1 amide bonds. The Morgan fingerprint density at radius 3 is 2.57 bits per heavy atom. The average molecular weight is 419 g/mol. The van der Waals surface area contributed by atoms with Crippen LogP contribution in [-0.4, -0.2) is 29.4 Å². The first-order chi connectivity index (χ1) is 14.4. The van der Waals surface area contributed by atoms with E-state index in [0.29, 0.717) is 32.0 Å². The van der Waals surface area contributed by atoms with Gasteiger partial charge in [0.15, 0.2) is 0 Å². The number of hydrogen-bond acceptors (Lipinski definition) is 4. The second-order valence-corrected chi connectivity index (χ2v) is 6.51. The van der Waals surface area contributed by atoms with Gasteiger partial charge in [0.05, 0.1) is 23.3 Å². The van der Waals surface area contributed by atoms with E-state index in [9.17, 15) is 18.4 Å². The van der Waals surface area contributed by atoms with Crippen molar-refractivity contribution in [3.05, 3.63) is 48.1 Å². The lowest BCUT2D eigenvalue weighted by atomic mass is 10.1. The number of benzene rings is 1. The molecule has 1 aromatic carbocycles. The van der Waals surface area contributed by atoms with Crippen molar-refractivity contribution in [2.45, 2.75) is 45.4 Å². The largest absolute Gasteiger partial charge is 0.481 e. The Bertz CT molecular complexity index is 833. The Labute approximate surface area is 174 Å². The van der Waals surface area contributed by atoms with Gasteiger partial charge in [-0.15, -0.1) is 0 Å². The molecular weight excluding hydrogens is 392 g/mol. The highest BCUT2D eigenvalue weighted by atomic mass is 19.1. The minimum atomic E-state index is -0.919. The number of carbonyl (C=O) groups excluding carboxylic acids is 1. The number of allylic oxidation sites excluding steroid dienone is 3. The van der Waals surface area contributed by atoms with Gasteiger partial charge in [-0.25, -0.2) is 8.78 Å². The van der Waals surface area contributed by atoms with Gasteiger partial charge in [-0.1, -0.05) is 25.2 Å². The van der Waals surface area contributed by atoms with Gasteiger partial charge < -0.3 is 10.8 Å². The molecule has 1 aromatic rings. The molecule has 0 saturated heterocycles. The van der Waals surface area contributed by atoms with E-state index in [0.717, 1.165) is 12.5 Å². The molecule has 0 heterocycles. The lowest BCUT2D eigenvalue weighted by molar-refractivity contribution is -0.137. The van der Waals surface area contributed by atoms with Gasteiger partial charge in [0.25, 0.3) is 5.91 Å². The summed E-state index contributed by atoms with van der Waals surface area (Å²) in [7, 11) is 0. The third-order valence-corrected chi connectivity index (χ3v) is 4.06. The molecule has 3 N–H and O–H groups in total. The zero-order chi connectivity index (χ0) is 22.4. The van der Waals surface area contributed by atoms with Crippen molar-refractivity contribution in [3.8, 4) is 0 Å². The second kappa shape index (κ2) is 13.9. The smallest absolute Gasteiger partial charge is 0.303 e. The molecule has 0 spiro atoms. The monoisotopic (exact) mass is 419 g/mol. The summed E-state index contributed by atoms with van der Waals surface area (Å²) in [6.07, 6.45) is 11.7. The van der Waals surface area contributed by atoms with Crippen LogP contribution in [0.4, 0.5) is 20.2 Å². The van der Waals surface area contributed by atoms with Crippen LogP contribution in [0.3, 0.4) is 0 Å². The van der Waals surface area contributed by atoms with E-state index in [1.54, 1.807) is 12.4 Å². The Balaban J connectivity index is 3.09. The number of rotatable bonds is 13. The van der Waals surface area contributed by atoms with Crippen molar-refractivity contribution < 1.29 is 23.5 Å². The van der Waals surface area contributed by atoms with Crippen molar-refractivity contribution in [1.82, 2.24) is 0 Å². The molecular formula is C22H27F2N3O3. The maximum absolute atomic E-state index is 14.2. The first-order valence-corrected chi connectivity index (χ1v) is 9.72. The molecule has 1 rings (SSSR count). The number of carboxylic acids is 1. The minimum absolute atomic E-state index is 0.0751. The van der Waals surface area contributed by atoms with Gasteiger partial charge in [-0.05, 0) is 38.2 Å². The summed E-state index contributed by atoms with van der Waals surface area (Å²) < 4.78 is 26.6. The highest BCUT2D eigenvalue weighted by Crippen LogP contribution is 2.31. The first-order valence-electron chi connectivity index (χ1n) is 9.72. The number of nitrogens with two attached hydrogens (primary N) is 1. The second-order valence-electron chi connectivity index (χ2n) is 6.51. The fourth-order valence-electron chi connectivity index (χ4n) is 2.51. The quantitative estimate of drug-likeness (QED) is 0.253. The number of halogens is 2. The van der Waals surface area contributed by atoms with Crippen molar-refractivity contribution in [2.24, 2.45) is 21.6 Å². The summed E-state index contributed by atoms with van der Waals surface area (Å²) in [5.74, 6) is -2.77. The summed E-state index contributed by atoms with van der Waals surface area (Å²) in [6.45, 7) is 1.97. The van der Waals surface area contributed by atoms with Crippen LogP contribution in [-0.2, 0) is 4.79 Å². The maximum Gasteiger partial charge on any atom is 0.303 e. The molecule has 0 aliphatic carbocycles. The maximum atomic E-state index is 14.2. The highest BCUT2D eigenvalue weighted by molar-refractivity contribution is 5.95. The Morgan fingerprint density at radius 1 is 1.20 bits per heavy atom. The van der Waals surface area contributed by atoms with Crippen LogP contribution in [0.5, 0.6) is 0 Å². The van der Waals surface area contributed by atoms with Gasteiger partial charge in [0.1, 0.15) is 5.82 Å². The van der Waals surface area contributed by atoms with Gasteiger partial charge in [0, 0.05) is 30.8 Å². The third kappa shape index (κ3) is 9.36. The van der Waals surface area contributed by atoms with Gasteiger partial charge in [-0.3, -0.25) is 19.6 Å². The molecule has 1 atom stereocenters. The van der Waals surface area contributed by atoms with E-state index in [1.807, 2.05) is 19.1 Å². The predicted molar refractivity (Wildman–Crippen MR) is 115 cm³/mol. The molecule has 162 valence electrons. The van der Waals surface area contributed by atoms with E-state index in [1.165, 1.54) is 12.1 Å². The molecule has 0 fully saturated rings. The molecule has 6 nitrogen and oxygen atoms in total. The standard InChI is InChI=1S/C22H27F2N3O3/c1-2-3-8-16(9-7-11-23)15-27-20-14-18(24)17(22(25)30)13-19(20)26-12-6-4-5-10-21(28)29/h3,7-8,11-16H,2,4-6,9-10H2,1H3,(H2,25,30)(H,28,29)/b8-3-,11-7+,26-12+,27-15+. The number of nitrogens with zero attached hydrogens (tertiary/aromatic N) is 2. The number of hydrogen-bond donors (Lipinski definition) is 2. The number of carboxylic acid groups (broad SMARTS) is 1. The lowest BCUT2D eigenvalue weighted by Crippen LogP contribution is -2.12. The van der Waals surface area contributed by atoms with Crippen molar-refractivity contribution in [1.29, 1.82) is 0 Å². The van der Waals surface area contributed by atoms with Crippen LogP contribution in [0.1, 0.15) is 55.8 Å². The average Bonchev–Trinajstić information content (AvgIpc) is 2.70. The van der Waals surface area contributed by atoms with Gasteiger partial charge in [-0.2, -0.15) is 0 Å². The van der Waals surface area contributed by atoms with Crippen LogP contribution < -0.4 is 5.73 Å². The van der Waals surface area contributed by atoms with E-state index in [-0.39, 0.29) is 29.3 Å². The zero-order valence-electron chi connectivity index (χ0n) is 16.9. The van der Waals surface area contributed by atoms with Crippen molar-refractivity contribution in [3.63, 3.8) is 0 Å². The van der Waals surface area contributed by atoms with Crippen LogP contribution in [0.25, 0.3) is 0 Å². The Morgan fingerprint density at radius 2 is 1.93 bits per heavy atom. The third-order valence-electron chi connectivity index (χ3n) is 4.06. The molecule has 1 unspecified atom stereocenters. The molecule has 0 aromatic heterocycles. The van der Waals surface area contributed by atoms with E-state index >= 15 is 0 Å². The summed E-state index contributed by atoms with van der Waals surface area (Å²) >= 11 is 0. The molecule has 0 bridgehead atoms. The number of carbonyl (C=O) groups is 2. The summed E-state index contributed by atoms with van der Waals surface area (Å²) in [6, 6.07) is 2.32. The van der Waals surface area contributed by atoms with Crippen LogP contribution in [0.15, 0.2) is 46.7 Å². The molecule has 8 heteroatoms. The number of aliphatic imine (C=N–C) groups is 2. The molecule has 0 aliphatic rings. The minimum Gasteiger partial charge on any atom is -0.481 e. The van der Waals surface area contributed by atoms with Gasteiger partial charge >= 0.3 is 5.97 Å². The lowest BCUT2D eigenvalue weighted by Gasteiger charge is -2.07. The summed E-state index contributed by atoms with van der Waals surface area (Å²) in [5, 5.41) is 8.65. The fourth-order valence-corrected chi connectivity index (χ4v) is 2.51. The zero-order valence-corrected chi connectivity index (χ0v) is 16.9. The SMILES string of the molecule is CC/C=C\C(/C=N/c1cc(F)c(C(N)=O)cc1/N=C/CCCCC(=O)O)C/C=C/F. The van der Waals surface area contributed by atoms with Crippen molar-refractivity contribution in [2.75, 3.05) is 0 Å². The van der Waals surface area contributed by atoms with E-state index < -0.39 is 17.7 Å². The van der Waals surface area contributed by atoms with E-state index in [4.69, 9.17) is 10.8 Å². The number of aliphatic carboxylic acids is 1. The van der Waals surface area contributed by atoms with Crippen LogP contribution >= 0.6 is 0 Å².